The molecule has 0 bridgehead atoms. The van der Waals surface area contributed by atoms with E-state index in [4.69, 9.17) is 5.73 Å². The SMILES string of the molecule is CNCC#Cc1cccc(N)c1F. The van der Waals surface area contributed by atoms with Gasteiger partial charge in [0.15, 0.2) is 5.82 Å². The van der Waals surface area contributed by atoms with Crippen molar-refractivity contribution >= 4 is 5.69 Å². The molecule has 0 radical (unpaired) electrons. The quantitative estimate of drug-likeness (QED) is 0.497. The lowest BCUT2D eigenvalue weighted by atomic mass is 10.2. The van der Waals surface area contributed by atoms with Crippen LogP contribution in [0, 0.1) is 17.7 Å². The molecule has 0 atom stereocenters. The van der Waals surface area contributed by atoms with E-state index < -0.39 is 5.82 Å². The second-order valence-electron chi connectivity index (χ2n) is 2.54. The van der Waals surface area contributed by atoms with Gasteiger partial charge in [-0.2, -0.15) is 0 Å². The van der Waals surface area contributed by atoms with Crippen LogP contribution in [0.25, 0.3) is 0 Å². The summed E-state index contributed by atoms with van der Waals surface area (Å²) in [6.07, 6.45) is 0. The van der Waals surface area contributed by atoms with Gasteiger partial charge in [-0.25, -0.2) is 4.39 Å². The van der Waals surface area contributed by atoms with Gasteiger partial charge in [-0.05, 0) is 19.2 Å². The van der Waals surface area contributed by atoms with Crippen molar-refractivity contribution in [3.63, 3.8) is 0 Å². The van der Waals surface area contributed by atoms with Crippen LogP contribution in [0.2, 0.25) is 0 Å². The molecular formula is C10H11FN2. The Hall–Kier alpha value is -1.53. The molecule has 0 unspecified atom stereocenters. The first-order valence-electron chi connectivity index (χ1n) is 3.93. The first-order valence-corrected chi connectivity index (χ1v) is 3.93. The van der Waals surface area contributed by atoms with Gasteiger partial charge in [-0.15, -0.1) is 0 Å². The Labute approximate surface area is 76.9 Å². The predicted octanol–water partition coefficient (Wildman–Crippen LogP) is 0.979. The Morgan fingerprint density at radius 1 is 1.54 bits per heavy atom. The van der Waals surface area contributed by atoms with Crippen molar-refractivity contribution in [2.45, 2.75) is 0 Å². The van der Waals surface area contributed by atoms with Crippen LogP contribution < -0.4 is 11.1 Å². The van der Waals surface area contributed by atoms with E-state index in [9.17, 15) is 4.39 Å². The van der Waals surface area contributed by atoms with E-state index in [-0.39, 0.29) is 5.69 Å². The molecule has 1 aromatic rings. The Bertz CT molecular complexity index is 350. The molecule has 1 rings (SSSR count). The predicted molar refractivity (Wildman–Crippen MR) is 51.6 cm³/mol. The summed E-state index contributed by atoms with van der Waals surface area (Å²) in [7, 11) is 1.78. The normalized spacial score (nSPS) is 9.08. The van der Waals surface area contributed by atoms with Gasteiger partial charge in [0.2, 0.25) is 0 Å². The van der Waals surface area contributed by atoms with Gasteiger partial charge in [-0.3, -0.25) is 0 Å². The maximum atomic E-state index is 13.2. The van der Waals surface area contributed by atoms with E-state index in [1.165, 1.54) is 6.07 Å². The van der Waals surface area contributed by atoms with E-state index in [0.29, 0.717) is 12.1 Å². The fourth-order valence-corrected chi connectivity index (χ4v) is 0.874. The van der Waals surface area contributed by atoms with Gasteiger partial charge >= 0.3 is 0 Å². The Balaban J connectivity index is 2.91. The summed E-state index contributed by atoms with van der Waals surface area (Å²) < 4.78 is 13.2. The molecule has 1 aromatic carbocycles. The number of halogens is 1. The lowest BCUT2D eigenvalue weighted by Crippen LogP contribution is -2.04. The van der Waals surface area contributed by atoms with Crippen LogP contribution in [0.3, 0.4) is 0 Å². The zero-order chi connectivity index (χ0) is 9.68. The Kier molecular flexibility index (Phi) is 3.30. The molecule has 0 amide bonds. The van der Waals surface area contributed by atoms with Gasteiger partial charge in [0.25, 0.3) is 0 Å². The molecule has 2 nitrogen and oxygen atoms in total. The standard InChI is InChI=1S/C10H11FN2/c1-13-7-3-5-8-4-2-6-9(12)10(8)11/h2,4,6,13H,7,12H2,1H3. The minimum atomic E-state index is -0.439. The molecule has 0 aliphatic heterocycles. The van der Waals surface area contributed by atoms with Crippen LogP contribution in [0.15, 0.2) is 18.2 Å². The molecule has 0 aromatic heterocycles. The van der Waals surface area contributed by atoms with Crippen molar-refractivity contribution < 1.29 is 4.39 Å². The van der Waals surface area contributed by atoms with Gasteiger partial charge in [-0.1, -0.05) is 17.9 Å². The lowest BCUT2D eigenvalue weighted by Gasteiger charge is -1.97. The number of benzene rings is 1. The van der Waals surface area contributed by atoms with Crippen LogP contribution in [0.1, 0.15) is 5.56 Å². The van der Waals surface area contributed by atoms with Crippen molar-refractivity contribution in [3.8, 4) is 11.8 Å². The number of nitrogens with one attached hydrogen (secondary N) is 1. The van der Waals surface area contributed by atoms with Gasteiger partial charge in [0.05, 0.1) is 17.8 Å². The number of anilines is 1. The third-order valence-electron chi connectivity index (χ3n) is 1.52. The third kappa shape index (κ3) is 2.46. The fourth-order valence-electron chi connectivity index (χ4n) is 0.874. The average Bonchev–Trinajstić information content (AvgIpc) is 2.13. The van der Waals surface area contributed by atoms with E-state index in [0.717, 1.165) is 0 Å². The smallest absolute Gasteiger partial charge is 0.161 e. The van der Waals surface area contributed by atoms with Crippen molar-refractivity contribution in [1.82, 2.24) is 5.32 Å². The maximum absolute atomic E-state index is 13.2. The summed E-state index contributed by atoms with van der Waals surface area (Å²) in [5.74, 6) is 5.01. The number of hydrogen-bond donors (Lipinski definition) is 2. The van der Waals surface area contributed by atoms with Crippen molar-refractivity contribution in [2.75, 3.05) is 19.3 Å². The summed E-state index contributed by atoms with van der Waals surface area (Å²) in [5.41, 5.74) is 5.84. The molecule has 0 aliphatic rings. The fraction of sp³-hybridized carbons (Fsp3) is 0.200. The van der Waals surface area contributed by atoms with Crippen molar-refractivity contribution in [3.05, 3.63) is 29.6 Å². The number of rotatable bonds is 1. The molecule has 0 saturated heterocycles. The van der Waals surface area contributed by atoms with Crippen LogP contribution in [-0.2, 0) is 0 Å². The summed E-state index contributed by atoms with van der Waals surface area (Å²) in [6.45, 7) is 0.536. The summed E-state index contributed by atoms with van der Waals surface area (Å²) in [4.78, 5) is 0. The summed E-state index contributed by atoms with van der Waals surface area (Å²) in [5, 5.41) is 2.84. The maximum Gasteiger partial charge on any atom is 0.161 e. The molecule has 0 saturated carbocycles. The van der Waals surface area contributed by atoms with Gasteiger partial charge in [0, 0.05) is 0 Å². The highest BCUT2D eigenvalue weighted by atomic mass is 19.1. The molecule has 3 heteroatoms. The van der Waals surface area contributed by atoms with Gasteiger partial charge < -0.3 is 11.1 Å². The van der Waals surface area contributed by atoms with E-state index in [1.54, 1.807) is 19.2 Å². The highest BCUT2D eigenvalue weighted by Crippen LogP contribution is 2.12. The topological polar surface area (TPSA) is 38.0 Å². The van der Waals surface area contributed by atoms with E-state index in [1.807, 2.05) is 0 Å². The zero-order valence-corrected chi connectivity index (χ0v) is 7.39. The number of nitrogen functional groups attached to an aromatic ring is 1. The molecule has 0 fully saturated rings. The molecule has 3 N–H and O–H groups in total. The van der Waals surface area contributed by atoms with Crippen LogP contribution in [0.4, 0.5) is 10.1 Å². The second kappa shape index (κ2) is 4.48. The molecule has 68 valence electrons. The van der Waals surface area contributed by atoms with Crippen LogP contribution >= 0.6 is 0 Å². The van der Waals surface area contributed by atoms with Crippen LogP contribution in [0.5, 0.6) is 0 Å². The second-order valence-corrected chi connectivity index (χ2v) is 2.54. The first kappa shape index (κ1) is 9.56. The van der Waals surface area contributed by atoms with E-state index in [2.05, 4.69) is 17.2 Å². The third-order valence-corrected chi connectivity index (χ3v) is 1.52. The molecule has 13 heavy (non-hydrogen) atoms. The van der Waals surface area contributed by atoms with Crippen molar-refractivity contribution in [1.29, 1.82) is 0 Å². The highest BCUT2D eigenvalue weighted by molar-refractivity contribution is 5.49. The Morgan fingerprint density at radius 3 is 3.00 bits per heavy atom. The zero-order valence-electron chi connectivity index (χ0n) is 7.39. The summed E-state index contributed by atoms with van der Waals surface area (Å²) in [6, 6.07) is 4.80. The van der Waals surface area contributed by atoms with E-state index >= 15 is 0 Å². The number of hydrogen-bond acceptors (Lipinski definition) is 2. The minimum absolute atomic E-state index is 0.135. The Morgan fingerprint density at radius 2 is 2.31 bits per heavy atom. The molecule has 0 spiro atoms. The monoisotopic (exact) mass is 178 g/mol. The number of nitrogens with two attached hydrogens (primary N) is 1. The van der Waals surface area contributed by atoms with Crippen LogP contribution in [-0.4, -0.2) is 13.6 Å². The molecule has 0 aliphatic carbocycles. The molecule has 0 heterocycles. The van der Waals surface area contributed by atoms with Gasteiger partial charge in [0.1, 0.15) is 0 Å². The largest absolute Gasteiger partial charge is 0.396 e. The average molecular weight is 178 g/mol. The van der Waals surface area contributed by atoms with Crippen molar-refractivity contribution in [2.24, 2.45) is 0 Å². The first-order chi connectivity index (χ1) is 6.25. The minimum Gasteiger partial charge on any atom is -0.396 e. The highest BCUT2D eigenvalue weighted by Gasteiger charge is 2.00. The summed E-state index contributed by atoms with van der Waals surface area (Å²) >= 11 is 0. The molecular weight excluding hydrogens is 167 g/mol. The lowest BCUT2D eigenvalue weighted by molar-refractivity contribution is 0.629.